The Morgan fingerprint density at radius 1 is 1.38 bits per heavy atom. The first kappa shape index (κ1) is 24.9. The lowest BCUT2D eigenvalue weighted by molar-refractivity contribution is -0.136. The van der Waals surface area contributed by atoms with Crippen molar-refractivity contribution in [3.05, 3.63) is 64.6 Å². The Kier molecular flexibility index (Phi) is 8.72. The molecule has 0 spiro atoms. The summed E-state index contributed by atoms with van der Waals surface area (Å²) in [6, 6.07) is 7.91. The van der Waals surface area contributed by atoms with E-state index in [-0.39, 0.29) is 37.5 Å². The van der Waals surface area contributed by atoms with E-state index < -0.39 is 6.10 Å². The predicted octanol–water partition coefficient (Wildman–Crippen LogP) is 3.67. The topological polar surface area (TPSA) is 62.2 Å². The molecule has 2 aliphatic rings. The fourth-order valence-corrected chi connectivity index (χ4v) is 5.32. The average Bonchev–Trinajstić information content (AvgIpc) is 3.49. The Balaban J connectivity index is 1.42. The summed E-state index contributed by atoms with van der Waals surface area (Å²) in [5.74, 6) is 0.708. The first-order chi connectivity index (χ1) is 16.5. The molecule has 0 saturated heterocycles. The van der Waals surface area contributed by atoms with E-state index in [4.69, 9.17) is 9.47 Å². The minimum Gasteiger partial charge on any atom is -0.491 e. The van der Waals surface area contributed by atoms with Crippen LogP contribution < -0.4 is 4.74 Å². The van der Waals surface area contributed by atoms with Crippen molar-refractivity contribution >= 4 is 17.2 Å². The number of thiophene rings is 1. The Morgan fingerprint density at radius 2 is 2.24 bits per heavy atom. The molecule has 2 heterocycles. The molecule has 1 aromatic heterocycles. The summed E-state index contributed by atoms with van der Waals surface area (Å²) in [7, 11) is 0. The number of aliphatic hydroxyl groups excluding tert-OH is 1. The highest BCUT2D eigenvalue weighted by Gasteiger charge is 2.34. The van der Waals surface area contributed by atoms with Crippen LogP contribution in [-0.4, -0.2) is 72.9 Å². The van der Waals surface area contributed by atoms with Crippen molar-refractivity contribution in [3.8, 4) is 5.75 Å². The molecule has 2 aromatic rings. The Bertz CT molecular complexity index is 964. The number of benzene rings is 1. The van der Waals surface area contributed by atoms with Gasteiger partial charge in [-0.05, 0) is 54.3 Å². The van der Waals surface area contributed by atoms with Gasteiger partial charge >= 0.3 is 0 Å². The Hall–Kier alpha value is -2.26. The molecule has 6 nitrogen and oxygen atoms in total. The van der Waals surface area contributed by atoms with E-state index in [1.54, 1.807) is 29.5 Å². The highest BCUT2D eigenvalue weighted by Crippen LogP contribution is 2.34. The first-order valence-electron chi connectivity index (χ1n) is 11.9. The maximum absolute atomic E-state index is 13.6. The number of nitrogens with zero attached hydrogens (tertiary/aromatic N) is 2. The van der Waals surface area contributed by atoms with E-state index in [1.807, 2.05) is 10.3 Å². The normalized spacial score (nSPS) is 18.6. The quantitative estimate of drug-likeness (QED) is 0.344. The zero-order valence-electron chi connectivity index (χ0n) is 19.4. The van der Waals surface area contributed by atoms with Gasteiger partial charge in [-0.25, -0.2) is 4.39 Å². The molecule has 1 fully saturated rings. The summed E-state index contributed by atoms with van der Waals surface area (Å²) in [5, 5.41) is 12.5. The fraction of sp³-hybridized carbons (Fsp3) is 0.500. The maximum Gasteiger partial charge on any atom is 0.237 e. The second-order valence-electron chi connectivity index (χ2n) is 9.04. The van der Waals surface area contributed by atoms with E-state index in [1.165, 1.54) is 29.9 Å². The van der Waals surface area contributed by atoms with Crippen LogP contribution in [0.25, 0.3) is 0 Å². The molecule has 2 atom stereocenters. The standard InChI is InChI=1S/C26H33FN2O4S/c1-2-11-32-17-21(30)15-28(14-19-6-7-19)16-26(31)29-10-8-25-23(9-12-34-25)24(29)18-33-22-5-3-4-20(27)13-22/h2-5,9,12-13,19,21,24,30H,1,6-8,10-11,14-18H2. The summed E-state index contributed by atoms with van der Waals surface area (Å²) in [5.41, 5.74) is 1.10. The fourth-order valence-electron chi connectivity index (χ4n) is 4.40. The number of fused-ring (bicyclic) bond motifs is 1. The summed E-state index contributed by atoms with van der Waals surface area (Å²) in [6.07, 6.45) is 4.14. The van der Waals surface area contributed by atoms with E-state index in [9.17, 15) is 14.3 Å². The molecule has 0 bridgehead atoms. The number of amides is 1. The maximum atomic E-state index is 13.6. The third kappa shape index (κ3) is 6.88. The van der Waals surface area contributed by atoms with Crippen LogP contribution in [0.1, 0.15) is 29.3 Å². The summed E-state index contributed by atoms with van der Waals surface area (Å²) < 4.78 is 24.9. The molecule has 8 heteroatoms. The molecule has 1 aromatic carbocycles. The van der Waals surface area contributed by atoms with E-state index in [0.29, 0.717) is 31.4 Å². The minimum absolute atomic E-state index is 0.0181. The molecule has 1 aliphatic carbocycles. The van der Waals surface area contributed by atoms with Crippen LogP contribution in [0.4, 0.5) is 4.39 Å². The Morgan fingerprint density at radius 3 is 3.00 bits per heavy atom. The SMILES string of the molecule is C=CCOCC(O)CN(CC(=O)N1CCc2sccc2C1COc1cccc(F)c1)CC1CC1. The van der Waals surface area contributed by atoms with Gasteiger partial charge in [0, 0.05) is 30.6 Å². The van der Waals surface area contributed by atoms with Crippen LogP contribution in [0.15, 0.2) is 48.4 Å². The molecular formula is C26H33FN2O4S. The number of rotatable bonds is 13. The van der Waals surface area contributed by atoms with E-state index in [2.05, 4.69) is 17.5 Å². The van der Waals surface area contributed by atoms with Crippen LogP contribution in [0.3, 0.4) is 0 Å². The molecule has 0 radical (unpaired) electrons. The van der Waals surface area contributed by atoms with Crippen molar-refractivity contribution in [2.24, 2.45) is 5.92 Å². The van der Waals surface area contributed by atoms with Gasteiger partial charge in [-0.15, -0.1) is 17.9 Å². The number of ether oxygens (including phenoxy) is 2. The highest BCUT2D eigenvalue weighted by molar-refractivity contribution is 7.10. The monoisotopic (exact) mass is 488 g/mol. The molecule has 4 rings (SSSR count). The lowest BCUT2D eigenvalue weighted by Gasteiger charge is -2.37. The van der Waals surface area contributed by atoms with Gasteiger partial charge in [0.2, 0.25) is 5.91 Å². The van der Waals surface area contributed by atoms with Crippen LogP contribution >= 0.6 is 11.3 Å². The van der Waals surface area contributed by atoms with Gasteiger partial charge < -0.3 is 19.5 Å². The van der Waals surface area contributed by atoms with Gasteiger partial charge in [-0.3, -0.25) is 9.69 Å². The van der Waals surface area contributed by atoms with Crippen molar-refractivity contribution in [2.75, 3.05) is 46.0 Å². The zero-order valence-corrected chi connectivity index (χ0v) is 20.2. The highest BCUT2D eigenvalue weighted by atomic mass is 32.1. The number of halogens is 1. The molecule has 34 heavy (non-hydrogen) atoms. The zero-order chi connectivity index (χ0) is 23.9. The van der Waals surface area contributed by atoms with Crippen molar-refractivity contribution in [3.63, 3.8) is 0 Å². The molecule has 184 valence electrons. The first-order valence-corrected chi connectivity index (χ1v) is 12.7. The molecule has 2 unspecified atom stereocenters. The number of hydrogen-bond donors (Lipinski definition) is 1. The minimum atomic E-state index is -0.663. The smallest absolute Gasteiger partial charge is 0.237 e. The Labute approximate surface area is 204 Å². The third-order valence-corrected chi connectivity index (χ3v) is 7.20. The van der Waals surface area contributed by atoms with Gasteiger partial charge in [-0.1, -0.05) is 12.1 Å². The molecule has 1 amide bonds. The summed E-state index contributed by atoms with van der Waals surface area (Å²) >= 11 is 1.70. The molecule has 1 N–H and O–H groups in total. The van der Waals surface area contributed by atoms with Crippen molar-refractivity contribution in [1.82, 2.24) is 9.80 Å². The number of carbonyl (C=O) groups is 1. The lowest BCUT2D eigenvalue weighted by atomic mass is 10.0. The second kappa shape index (κ2) is 11.9. The van der Waals surface area contributed by atoms with Crippen LogP contribution in [0, 0.1) is 11.7 Å². The van der Waals surface area contributed by atoms with Gasteiger partial charge in [-0.2, -0.15) is 0 Å². The number of carbonyl (C=O) groups excluding carboxylic acids is 1. The van der Waals surface area contributed by atoms with E-state index >= 15 is 0 Å². The van der Waals surface area contributed by atoms with Gasteiger partial charge in [0.25, 0.3) is 0 Å². The van der Waals surface area contributed by atoms with Crippen LogP contribution in [0.2, 0.25) is 0 Å². The van der Waals surface area contributed by atoms with Crippen molar-refractivity contribution in [1.29, 1.82) is 0 Å². The summed E-state index contributed by atoms with van der Waals surface area (Å²) in [6.45, 7) is 6.54. The molecule has 1 aliphatic heterocycles. The van der Waals surface area contributed by atoms with Gasteiger partial charge in [0.05, 0.1) is 31.9 Å². The second-order valence-corrected chi connectivity index (χ2v) is 10.0. The van der Waals surface area contributed by atoms with Crippen molar-refractivity contribution in [2.45, 2.75) is 31.4 Å². The largest absolute Gasteiger partial charge is 0.491 e. The van der Waals surface area contributed by atoms with Crippen molar-refractivity contribution < 1.29 is 23.8 Å². The molecule has 1 saturated carbocycles. The predicted molar refractivity (Wildman–Crippen MR) is 131 cm³/mol. The van der Waals surface area contributed by atoms with Crippen LogP contribution in [0.5, 0.6) is 5.75 Å². The number of hydrogen-bond acceptors (Lipinski definition) is 6. The molecular weight excluding hydrogens is 455 g/mol. The van der Waals surface area contributed by atoms with Crippen LogP contribution in [-0.2, 0) is 16.0 Å². The summed E-state index contributed by atoms with van der Waals surface area (Å²) in [4.78, 5) is 18.7. The average molecular weight is 489 g/mol. The van der Waals surface area contributed by atoms with E-state index in [0.717, 1.165) is 18.5 Å². The third-order valence-electron chi connectivity index (χ3n) is 6.21. The lowest BCUT2D eigenvalue weighted by Crippen LogP contribution is -2.48. The van der Waals surface area contributed by atoms with Gasteiger partial charge in [0.1, 0.15) is 18.2 Å². The number of aliphatic hydroxyl groups is 1. The van der Waals surface area contributed by atoms with Gasteiger partial charge in [0.15, 0.2) is 0 Å².